The van der Waals surface area contributed by atoms with Crippen LogP contribution >= 0.6 is 12.2 Å². The summed E-state index contributed by atoms with van der Waals surface area (Å²) in [4.78, 5) is 12.0. The lowest BCUT2D eigenvalue weighted by Crippen LogP contribution is -2.25. The van der Waals surface area contributed by atoms with E-state index in [0.717, 1.165) is 11.1 Å². The number of nitrogens with two attached hydrogens (primary N) is 1. The van der Waals surface area contributed by atoms with Gasteiger partial charge in [-0.25, -0.2) is 0 Å². The normalized spacial score (nSPS) is 10.1. The molecule has 0 aliphatic rings. The van der Waals surface area contributed by atoms with Gasteiger partial charge >= 0.3 is 0 Å². The first kappa shape index (κ1) is 13.1. The number of thiocarbonyl (C=S) groups is 1. The van der Waals surface area contributed by atoms with E-state index in [9.17, 15) is 4.79 Å². The highest BCUT2D eigenvalue weighted by Gasteiger charge is 2.05. The van der Waals surface area contributed by atoms with Gasteiger partial charge < -0.3 is 11.1 Å². The Balaban J connectivity index is 1.86. The molecule has 2 rings (SSSR count). The SMILES string of the molecule is NC(=S)c1ccc(CC(=O)NCc2nn[nH]n2)cc1. The van der Waals surface area contributed by atoms with E-state index in [0.29, 0.717) is 10.8 Å². The number of amides is 1. The third-order valence-electron chi connectivity index (χ3n) is 2.44. The molecule has 7 nitrogen and oxygen atoms in total. The molecular formula is C11H12N6OS. The van der Waals surface area contributed by atoms with E-state index in [-0.39, 0.29) is 18.9 Å². The molecule has 1 heterocycles. The van der Waals surface area contributed by atoms with Gasteiger partial charge in [0.1, 0.15) is 4.99 Å². The number of aromatic nitrogens is 4. The molecule has 0 aliphatic carbocycles. The molecule has 1 amide bonds. The standard InChI is InChI=1S/C11H12N6OS/c12-11(19)8-3-1-7(2-4-8)5-10(18)13-6-9-14-16-17-15-9/h1-4H,5-6H2,(H2,12,19)(H,13,18)(H,14,15,16,17). The number of nitrogens with zero attached hydrogens (tertiary/aromatic N) is 3. The van der Waals surface area contributed by atoms with Gasteiger partial charge in [-0.2, -0.15) is 5.21 Å². The lowest BCUT2D eigenvalue weighted by Gasteiger charge is -2.04. The van der Waals surface area contributed by atoms with Crippen LogP contribution in [0.1, 0.15) is 17.0 Å². The summed E-state index contributed by atoms with van der Waals surface area (Å²) in [6.07, 6.45) is 0.273. The Hall–Kier alpha value is -2.35. The van der Waals surface area contributed by atoms with E-state index in [1.165, 1.54) is 0 Å². The topological polar surface area (TPSA) is 110 Å². The van der Waals surface area contributed by atoms with Gasteiger partial charge in [-0.1, -0.05) is 41.7 Å². The maximum absolute atomic E-state index is 11.7. The van der Waals surface area contributed by atoms with Crippen molar-refractivity contribution in [2.45, 2.75) is 13.0 Å². The fourth-order valence-corrected chi connectivity index (χ4v) is 1.61. The van der Waals surface area contributed by atoms with Gasteiger partial charge in [0.15, 0.2) is 5.82 Å². The van der Waals surface area contributed by atoms with E-state index in [2.05, 4.69) is 25.9 Å². The van der Waals surface area contributed by atoms with Crippen LogP contribution in [0.25, 0.3) is 0 Å². The van der Waals surface area contributed by atoms with Crippen LogP contribution in [0, 0.1) is 0 Å². The molecular weight excluding hydrogens is 264 g/mol. The number of rotatable bonds is 5. The van der Waals surface area contributed by atoms with Gasteiger partial charge in [0.05, 0.1) is 13.0 Å². The zero-order valence-corrected chi connectivity index (χ0v) is 10.8. The van der Waals surface area contributed by atoms with E-state index in [1.807, 2.05) is 12.1 Å². The molecule has 0 atom stereocenters. The molecule has 8 heteroatoms. The summed E-state index contributed by atoms with van der Waals surface area (Å²) < 4.78 is 0. The van der Waals surface area contributed by atoms with Crippen molar-refractivity contribution in [1.29, 1.82) is 0 Å². The third-order valence-corrected chi connectivity index (χ3v) is 2.67. The van der Waals surface area contributed by atoms with Crippen LogP contribution < -0.4 is 11.1 Å². The molecule has 0 radical (unpaired) electrons. The molecule has 0 aliphatic heterocycles. The molecule has 98 valence electrons. The minimum atomic E-state index is -0.118. The summed E-state index contributed by atoms with van der Waals surface area (Å²) in [7, 11) is 0. The largest absolute Gasteiger partial charge is 0.389 e. The molecule has 0 spiro atoms. The van der Waals surface area contributed by atoms with Crippen LogP contribution in [0.2, 0.25) is 0 Å². The smallest absolute Gasteiger partial charge is 0.224 e. The quantitative estimate of drug-likeness (QED) is 0.646. The van der Waals surface area contributed by atoms with Crippen molar-refractivity contribution in [2.75, 3.05) is 0 Å². The fourth-order valence-electron chi connectivity index (χ4n) is 1.47. The average Bonchev–Trinajstić information content (AvgIpc) is 2.90. The van der Waals surface area contributed by atoms with E-state index < -0.39 is 0 Å². The summed E-state index contributed by atoms with van der Waals surface area (Å²) in [5, 5.41) is 15.9. The minimum absolute atomic E-state index is 0.118. The Bertz CT molecular complexity index is 565. The summed E-state index contributed by atoms with van der Waals surface area (Å²) in [6.45, 7) is 0.250. The highest BCUT2D eigenvalue weighted by molar-refractivity contribution is 7.80. The van der Waals surface area contributed by atoms with Crippen molar-refractivity contribution in [1.82, 2.24) is 25.9 Å². The first-order chi connectivity index (χ1) is 9.15. The second kappa shape index (κ2) is 6.01. The van der Waals surface area contributed by atoms with Crippen molar-refractivity contribution >= 4 is 23.1 Å². The van der Waals surface area contributed by atoms with Crippen LogP contribution in [0.3, 0.4) is 0 Å². The van der Waals surface area contributed by atoms with Crippen molar-refractivity contribution in [3.05, 3.63) is 41.2 Å². The Morgan fingerprint density at radius 1 is 1.37 bits per heavy atom. The lowest BCUT2D eigenvalue weighted by atomic mass is 10.1. The van der Waals surface area contributed by atoms with E-state index >= 15 is 0 Å². The van der Waals surface area contributed by atoms with Crippen molar-refractivity contribution < 1.29 is 4.79 Å². The molecule has 19 heavy (non-hydrogen) atoms. The predicted molar refractivity (Wildman–Crippen MR) is 72.1 cm³/mol. The maximum Gasteiger partial charge on any atom is 0.224 e. The van der Waals surface area contributed by atoms with Gasteiger partial charge in [-0.05, 0) is 5.56 Å². The number of hydrogen-bond acceptors (Lipinski definition) is 5. The molecule has 0 saturated carbocycles. The number of aromatic amines is 1. The third kappa shape index (κ3) is 3.81. The van der Waals surface area contributed by atoms with Crippen LogP contribution in [0.4, 0.5) is 0 Å². The van der Waals surface area contributed by atoms with Crippen LogP contribution in [0.5, 0.6) is 0 Å². The number of carbonyl (C=O) groups excluding carboxylic acids is 1. The van der Waals surface area contributed by atoms with Crippen LogP contribution in [-0.4, -0.2) is 31.5 Å². The Labute approximate surface area is 114 Å². The Morgan fingerprint density at radius 2 is 2.11 bits per heavy atom. The first-order valence-corrected chi connectivity index (χ1v) is 5.94. The molecule has 4 N–H and O–H groups in total. The van der Waals surface area contributed by atoms with Gasteiger partial charge in [-0.15, -0.1) is 10.2 Å². The van der Waals surface area contributed by atoms with Crippen LogP contribution in [-0.2, 0) is 17.8 Å². The highest BCUT2D eigenvalue weighted by atomic mass is 32.1. The first-order valence-electron chi connectivity index (χ1n) is 5.53. The van der Waals surface area contributed by atoms with Crippen molar-refractivity contribution in [3.63, 3.8) is 0 Å². The molecule has 0 saturated heterocycles. The van der Waals surface area contributed by atoms with Crippen molar-refractivity contribution in [3.8, 4) is 0 Å². The molecule has 0 unspecified atom stereocenters. The number of nitrogens with one attached hydrogen (secondary N) is 2. The van der Waals surface area contributed by atoms with Crippen molar-refractivity contribution in [2.24, 2.45) is 5.73 Å². The number of benzene rings is 1. The number of hydrogen-bond donors (Lipinski definition) is 3. The second-order valence-corrected chi connectivity index (χ2v) is 4.28. The fraction of sp³-hybridized carbons (Fsp3) is 0.182. The Morgan fingerprint density at radius 3 is 2.68 bits per heavy atom. The predicted octanol–water partition coefficient (Wildman–Crippen LogP) is -0.307. The lowest BCUT2D eigenvalue weighted by molar-refractivity contribution is -0.120. The van der Waals surface area contributed by atoms with E-state index in [1.54, 1.807) is 12.1 Å². The number of tetrazole rings is 1. The zero-order valence-electron chi connectivity index (χ0n) is 9.96. The van der Waals surface area contributed by atoms with E-state index in [4.69, 9.17) is 18.0 Å². The molecule has 0 bridgehead atoms. The Kier molecular flexibility index (Phi) is 4.14. The number of carbonyl (C=O) groups is 1. The summed E-state index contributed by atoms with van der Waals surface area (Å²) in [5.41, 5.74) is 7.16. The van der Waals surface area contributed by atoms with Gasteiger partial charge in [0, 0.05) is 5.56 Å². The molecule has 0 fully saturated rings. The molecule has 1 aromatic carbocycles. The number of H-pyrrole nitrogens is 1. The highest BCUT2D eigenvalue weighted by Crippen LogP contribution is 2.05. The monoisotopic (exact) mass is 276 g/mol. The van der Waals surface area contributed by atoms with Gasteiger partial charge in [-0.3, -0.25) is 4.79 Å². The molecule has 2 aromatic rings. The molecule has 1 aromatic heterocycles. The zero-order chi connectivity index (χ0) is 13.7. The minimum Gasteiger partial charge on any atom is -0.389 e. The second-order valence-electron chi connectivity index (χ2n) is 3.84. The maximum atomic E-state index is 11.7. The van der Waals surface area contributed by atoms with Gasteiger partial charge in [0.25, 0.3) is 0 Å². The average molecular weight is 276 g/mol. The van der Waals surface area contributed by atoms with Gasteiger partial charge in [0.2, 0.25) is 5.91 Å². The summed E-state index contributed by atoms with van der Waals surface area (Å²) >= 11 is 4.86. The summed E-state index contributed by atoms with van der Waals surface area (Å²) in [6, 6.07) is 7.24. The van der Waals surface area contributed by atoms with Crippen LogP contribution in [0.15, 0.2) is 24.3 Å². The summed E-state index contributed by atoms with van der Waals surface area (Å²) in [5.74, 6) is 0.324.